The summed E-state index contributed by atoms with van der Waals surface area (Å²) in [5, 5.41) is 8.89. The third-order valence-corrected chi connectivity index (χ3v) is 3.62. The molecule has 0 fully saturated rings. The highest BCUT2D eigenvalue weighted by Gasteiger charge is 2.15. The van der Waals surface area contributed by atoms with Crippen molar-refractivity contribution in [3.8, 4) is 5.69 Å². The Morgan fingerprint density at radius 3 is 2.57 bits per heavy atom. The fraction of sp³-hybridized carbons (Fsp3) is 0.125. The zero-order valence-electron chi connectivity index (χ0n) is 12.5. The highest BCUT2D eigenvalue weighted by molar-refractivity contribution is 5.88. The first-order chi connectivity index (χ1) is 10.9. The molecule has 1 aromatic heterocycles. The van der Waals surface area contributed by atoms with Crippen LogP contribution in [-0.2, 0) is 0 Å². The van der Waals surface area contributed by atoms with Crippen LogP contribution in [0.4, 0.5) is 10.1 Å². The second-order valence-corrected chi connectivity index (χ2v) is 5.33. The summed E-state index contributed by atoms with van der Waals surface area (Å²) in [6, 6.07) is 8.77. The maximum atomic E-state index is 14.2. The van der Waals surface area contributed by atoms with Crippen LogP contribution >= 0.6 is 0 Å². The van der Waals surface area contributed by atoms with Crippen LogP contribution in [0.1, 0.15) is 10.4 Å². The average Bonchev–Trinajstić information content (AvgIpc) is 2.82. The predicted molar refractivity (Wildman–Crippen MR) is 85.1 cm³/mol. The standard InChI is InChI=1S/C16H14FN3O3/c1-19(2)10-4-6-14-12(8-10)18-16(23)20(14)13-5-3-9(15(21)22)7-11(13)17/h3-8H,1-2H3,(H,18,23)(H,21,22). The molecule has 0 bridgehead atoms. The Bertz CT molecular complexity index is 972. The quantitative estimate of drug-likeness (QED) is 0.777. The van der Waals surface area contributed by atoms with Gasteiger partial charge in [0, 0.05) is 19.8 Å². The van der Waals surface area contributed by atoms with Crippen molar-refractivity contribution in [1.29, 1.82) is 0 Å². The molecular weight excluding hydrogens is 301 g/mol. The van der Waals surface area contributed by atoms with E-state index in [0.29, 0.717) is 11.0 Å². The first-order valence-corrected chi connectivity index (χ1v) is 6.84. The van der Waals surface area contributed by atoms with Crippen molar-refractivity contribution in [2.24, 2.45) is 0 Å². The normalized spacial score (nSPS) is 10.9. The van der Waals surface area contributed by atoms with E-state index >= 15 is 0 Å². The van der Waals surface area contributed by atoms with Crippen molar-refractivity contribution >= 4 is 22.7 Å². The van der Waals surface area contributed by atoms with Gasteiger partial charge < -0.3 is 15.0 Å². The van der Waals surface area contributed by atoms with Crippen LogP contribution in [0, 0.1) is 5.82 Å². The number of anilines is 1. The molecule has 0 radical (unpaired) electrons. The highest BCUT2D eigenvalue weighted by Crippen LogP contribution is 2.22. The Balaban J connectivity index is 2.22. The van der Waals surface area contributed by atoms with Crippen LogP contribution in [-0.4, -0.2) is 34.7 Å². The fourth-order valence-electron chi connectivity index (χ4n) is 2.44. The fourth-order valence-corrected chi connectivity index (χ4v) is 2.44. The van der Waals surface area contributed by atoms with Gasteiger partial charge in [-0.05, 0) is 36.4 Å². The smallest absolute Gasteiger partial charge is 0.335 e. The maximum Gasteiger partial charge on any atom is 0.335 e. The Hall–Kier alpha value is -3.09. The number of nitrogens with zero attached hydrogens (tertiary/aromatic N) is 2. The average molecular weight is 315 g/mol. The van der Waals surface area contributed by atoms with Gasteiger partial charge in [0.15, 0.2) is 0 Å². The van der Waals surface area contributed by atoms with E-state index in [2.05, 4.69) is 4.98 Å². The van der Waals surface area contributed by atoms with Gasteiger partial charge >= 0.3 is 11.7 Å². The van der Waals surface area contributed by atoms with Gasteiger partial charge in [0.05, 0.1) is 22.3 Å². The Morgan fingerprint density at radius 2 is 1.96 bits per heavy atom. The molecule has 0 amide bonds. The molecule has 7 heteroatoms. The van der Waals surface area contributed by atoms with E-state index in [4.69, 9.17) is 5.11 Å². The van der Waals surface area contributed by atoms with Crippen molar-refractivity contribution in [2.45, 2.75) is 0 Å². The molecule has 6 nitrogen and oxygen atoms in total. The number of imidazole rings is 1. The van der Waals surface area contributed by atoms with Crippen molar-refractivity contribution < 1.29 is 14.3 Å². The lowest BCUT2D eigenvalue weighted by atomic mass is 10.2. The van der Waals surface area contributed by atoms with E-state index in [1.807, 2.05) is 25.1 Å². The monoisotopic (exact) mass is 315 g/mol. The van der Waals surface area contributed by atoms with E-state index in [1.165, 1.54) is 16.7 Å². The molecule has 0 atom stereocenters. The minimum absolute atomic E-state index is 0.00357. The maximum absolute atomic E-state index is 14.2. The van der Waals surface area contributed by atoms with Crippen LogP contribution < -0.4 is 10.6 Å². The van der Waals surface area contributed by atoms with Gasteiger partial charge in [-0.2, -0.15) is 0 Å². The number of hydrogen-bond donors (Lipinski definition) is 2. The lowest BCUT2D eigenvalue weighted by Gasteiger charge is -2.12. The van der Waals surface area contributed by atoms with Crippen LogP contribution in [0.2, 0.25) is 0 Å². The molecule has 3 aromatic rings. The zero-order valence-corrected chi connectivity index (χ0v) is 12.5. The molecule has 23 heavy (non-hydrogen) atoms. The number of aromatic nitrogens is 2. The summed E-state index contributed by atoms with van der Waals surface area (Å²) in [6.45, 7) is 0. The number of carboxylic acids is 1. The molecule has 3 rings (SSSR count). The number of nitrogens with one attached hydrogen (secondary N) is 1. The summed E-state index contributed by atoms with van der Waals surface area (Å²) in [5.74, 6) is -2.00. The van der Waals surface area contributed by atoms with Gasteiger partial charge in [-0.1, -0.05) is 0 Å². The lowest BCUT2D eigenvalue weighted by molar-refractivity contribution is 0.0696. The van der Waals surface area contributed by atoms with Crippen LogP contribution in [0.25, 0.3) is 16.7 Å². The van der Waals surface area contributed by atoms with Crippen molar-refractivity contribution in [2.75, 3.05) is 19.0 Å². The van der Waals surface area contributed by atoms with Gasteiger partial charge in [0.2, 0.25) is 0 Å². The topological polar surface area (TPSA) is 78.3 Å². The summed E-state index contributed by atoms with van der Waals surface area (Å²) in [7, 11) is 3.75. The first kappa shape index (κ1) is 14.8. The third kappa shape index (κ3) is 2.46. The molecule has 2 N–H and O–H groups in total. The largest absolute Gasteiger partial charge is 0.478 e. The number of aromatic amines is 1. The Labute approximate surface area is 130 Å². The molecule has 0 saturated heterocycles. The molecule has 1 heterocycles. The van der Waals surface area contributed by atoms with Gasteiger partial charge in [0.1, 0.15) is 5.82 Å². The SMILES string of the molecule is CN(C)c1ccc2c(c1)[nH]c(=O)n2-c1ccc(C(=O)O)cc1F. The van der Waals surface area contributed by atoms with Gasteiger partial charge in [-0.25, -0.2) is 14.0 Å². The van der Waals surface area contributed by atoms with Gasteiger partial charge in [-0.3, -0.25) is 4.57 Å². The number of carbonyl (C=O) groups is 1. The minimum atomic E-state index is -1.22. The summed E-state index contributed by atoms with van der Waals surface area (Å²) in [5.41, 5.74) is 1.33. The van der Waals surface area contributed by atoms with E-state index in [9.17, 15) is 14.0 Å². The molecular formula is C16H14FN3O3. The van der Waals surface area contributed by atoms with E-state index in [0.717, 1.165) is 11.8 Å². The number of benzene rings is 2. The molecule has 0 unspecified atom stereocenters. The Kier molecular flexibility index (Phi) is 3.40. The Morgan fingerprint density at radius 1 is 1.22 bits per heavy atom. The van der Waals surface area contributed by atoms with Crippen molar-refractivity contribution in [3.05, 3.63) is 58.3 Å². The number of aromatic carboxylic acids is 1. The number of hydrogen-bond acceptors (Lipinski definition) is 3. The molecule has 0 aliphatic rings. The molecule has 0 saturated carbocycles. The summed E-state index contributed by atoms with van der Waals surface area (Å²) >= 11 is 0. The molecule has 2 aromatic carbocycles. The van der Waals surface area contributed by atoms with E-state index < -0.39 is 17.5 Å². The first-order valence-electron chi connectivity index (χ1n) is 6.84. The summed E-state index contributed by atoms with van der Waals surface area (Å²) < 4.78 is 15.4. The predicted octanol–water partition coefficient (Wildman–Crippen LogP) is 2.22. The van der Waals surface area contributed by atoms with Crippen molar-refractivity contribution in [1.82, 2.24) is 9.55 Å². The molecule has 0 spiro atoms. The number of carboxylic acid groups (broad SMARTS) is 1. The second kappa shape index (κ2) is 5.28. The number of fused-ring (bicyclic) bond motifs is 1. The van der Waals surface area contributed by atoms with E-state index in [1.54, 1.807) is 12.1 Å². The number of halogens is 1. The molecule has 0 aliphatic carbocycles. The van der Waals surface area contributed by atoms with Gasteiger partial charge in [-0.15, -0.1) is 0 Å². The van der Waals surface area contributed by atoms with Crippen LogP contribution in [0.3, 0.4) is 0 Å². The third-order valence-electron chi connectivity index (χ3n) is 3.62. The van der Waals surface area contributed by atoms with E-state index in [-0.39, 0.29) is 11.3 Å². The van der Waals surface area contributed by atoms with Crippen molar-refractivity contribution in [3.63, 3.8) is 0 Å². The van der Waals surface area contributed by atoms with Gasteiger partial charge in [0.25, 0.3) is 0 Å². The minimum Gasteiger partial charge on any atom is -0.478 e. The zero-order chi connectivity index (χ0) is 16.7. The summed E-state index contributed by atoms with van der Waals surface area (Å²) in [6.07, 6.45) is 0. The van der Waals surface area contributed by atoms with Crippen LogP contribution in [0.15, 0.2) is 41.2 Å². The van der Waals surface area contributed by atoms with Crippen LogP contribution in [0.5, 0.6) is 0 Å². The lowest BCUT2D eigenvalue weighted by Crippen LogP contribution is -2.16. The molecule has 118 valence electrons. The number of H-pyrrole nitrogens is 1. The summed E-state index contributed by atoms with van der Waals surface area (Å²) in [4.78, 5) is 27.7. The second-order valence-electron chi connectivity index (χ2n) is 5.33. The highest BCUT2D eigenvalue weighted by atomic mass is 19.1. The number of rotatable bonds is 3. The molecule has 0 aliphatic heterocycles.